The SMILES string of the molecule is CC(C)CCCOc1ccc2cc(B(O)O)ccc2c1. The summed E-state index contributed by atoms with van der Waals surface area (Å²) < 4.78 is 5.74. The average Bonchev–Trinajstić information content (AvgIpc) is 2.42. The van der Waals surface area contributed by atoms with Gasteiger partial charge in [0.1, 0.15) is 5.75 Å². The molecule has 2 aromatic carbocycles. The van der Waals surface area contributed by atoms with Gasteiger partial charge < -0.3 is 14.8 Å². The van der Waals surface area contributed by atoms with Crippen LogP contribution in [-0.2, 0) is 0 Å². The zero-order chi connectivity index (χ0) is 14.5. The first-order valence-corrected chi connectivity index (χ1v) is 7.09. The third kappa shape index (κ3) is 3.99. The quantitative estimate of drug-likeness (QED) is 0.626. The minimum atomic E-state index is -1.42. The Balaban J connectivity index is 2.04. The number of ether oxygens (including phenoxy) is 1. The summed E-state index contributed by atoms with van der Waals surface area (Å²) in [6.07, 6.45) is 2.23. The van der Waals surface area contributed by atoms with E-state index >= 15 is 0 Å². The molecule has 0 saturated heterocycles. The second kappa shape index (κ2) is 6.77. The normalized spacial score (nSPS) is 11.1. The number of benzene rings is 2. The van der Waals surface area contributed by atoms with Gasteiger partial charge in [0.15, 0.2) is 0 Å². The number of hydrogen-bond acceptors (Lipinski definition) is 3. The number of fused-ring (bicyclic) bond motifs is 1. The molecule has 0 aliphatic carbocycles. The molecule has 0 aliphatic heterocycles. The van der Waals surface area contributed by atoms with E-state index in [0.29, 0.717) is 11.4 Å². The van der Waals surface area contributed by atoms with Crippen molar-refractivity contribution >= 4 is 23.4 Å². The van der Waals surface area contributed by atoms with Gasteiger partial charge in [-0.1, -0.05) is 38.1 Å². The van der Waals surface area contributed by atoms with Crippen molar-refractivity contribution in [2.75, 3.05) is 6.61 Å². The summed E-state index contributed by atoms with van der Waals surface area (Å²) in [6, 6.07) is 11.2. The lowest BCUT2D eigenvalue weighted by Gasteiger charge is -2.09. The van der Waals surface area contributed by atoms with Gasteiger partial charge >= 0.3 is 7.12 Å². The summed E-state index contributed by atoms with van der Waals surface area (Å²) in [6.45, 7) is 5.16. The molecule has 3 nitrogen and oxygen atoms in total. The van der Waals surface area contributed by atoms with E-state index in [1.807, 2.05) is 24.3 Å². The fourth-order valence-electron chi connectivity index (χ4n) is 2.17. The van der Waals surface area contributed by atoms with Gasteiger partial charge in [0.2, 0.25) is 0 Å². The fourth-order valence-corrected chi connectivity index (χ4v) is 2.17. The first-order valence-electron chi connectivity index (χ1n) is 7.09. The van der Waals surface area contributed by atoms with Crippen LogP contribution >= 0.6 is 0 Å². The van der Waals surface area contributed by atoms with Crippen LogP contribution in [0.15, 0.2) is 36.4 Å². The lowest BCUT2D eigenvalue weighted by Crippen LogP contribution is -2.29. The predicted molar refractivity (Wildman–Crippen MR) is 83.3 cm³/mol. The Bertz CT molecular complexity index is 567. The molecule has 0 atom stereocenters. The molecule has 0 amide bonds. The molecule has 0 bridgehead atoms. The molecule has 0 radical (unpaired) electrons. The van der Waals surface area contributed by atoms with Crippen molar-refractivity contribution in [1.29, 1.82) is 0 Å². The molecular weight excluding hydrogens is 251 g/mol. The summed E-state index contributed by atoms with van der Waals surface area (Å²) in [5, 5.41) is 20.3. The molecule has 0 saturated carbocycles. The van der Waals surface area contributed by atoms with E-state index in [0.717, 1.165) is 29.5 Å². The molecule has 2 aromatic rings. The first-order chi connectivity index (χ1) is 9.56. The summed E-state index contributed by atoms with van der Waals surface area (Å²) in [7, 11) is -1.42. The molecule has 0 aromatic heterocycles. The minimum absolute atomic E-state index is 0.503. The molecule has 2 rings (SSSR count). The highest BCUT2D eigenvalue weighted by Crippen LogP contribution is 2.20. The summed E-state index contributed by atoms with van der Waals surface area (Å²) in [5.74, 6) is 1.57. The molecule has 4 heteroatoms. The van der Waals surface area contributed by atoms with Crippen molar-refractivity contribution in [3.8, 4) is 5.75 Å². The van der Waals surface area contributed by atoms with E-state index in [-0.39, 0.29) is 0 Å². The van der Waals surface area contributed by atoms with Gasteiger partial charge in [0.05, 0.1) is 6.61 Å². The van der Waals surface area contributed by atoms with Crippen LogP contribution in [0.2, 0.25) is 0 Å². The highest BCUT2D eigenvalue weighted by Gasteiger charge is 2.10. The van der Waals surface area contributed by atoms with Gasteiger partial charge in [-0.05, 0) is 47.1 Å². The van der Waals surface area contributed by atoms with Crippen LogP contribution < -0.4 is 10.2 Å². The fraction of sp³-hybridized carbons (Fsp3) is 0.375. The minimum Gasteiger partial charge on any atom is -0.494 e. The summed E-state index contributed by atoms with van der Waals surface area (Å²) in [5.41, 5.74) is 0.503. The smallest absolute Gasteiger partial charge is 0.488 e. The van der Waals surface area contributed by atoms with Gasteiger partial charge in [0.25, 0.3) is 0 Å². The first kappa shape index (κ1) is 14.9. The van der Waals surface area contributed by atoms with Crippen molar-refractivity contribution in [2.45, 2.75) is 26.7 Å². The topological polar surface area (TPSA) is 49.7 Å². The molecule has 0 heterocycles. The van der Waals surface area contributed by atoms with E-state index < -0.39 is 7.12 Å². The van der Waals surface area contributed by atoms with Crippen LogP contribution in [0.4, 0.5) is 0 Å². The van der Waals surface area contributed by atoms with E-state index in [1.165, 1.54) is 6.42 Å². The van der Waals surface area contributed by atoms with Gasteiger partial charge in [-0.25, -0.2) is 0 Å². The molecule has 20 heavy (non-hydrogen) atoms. The Kier molecular flexibility index (Phi) is 5.04. The Morgan fingerprint density at radius 1 is 1.05 bits per heavy atom. The molecular formula is C16H21BO3. The Labute approximate surface area is 120 Å². The maximum absolute atomic E-state index is 9.16. The van der Waals surface area contributed by atoms with E-state index in [1.54, 1.807) is 12.1 Å². The van der Waals surface area contributed by atoms with Gasteiger partial charge in [-0.2, -0.15) is 0 Å². The van der Waals surface area contributed by atoms with Crippen LogP contribution in [-0.4, -0.2) is 23.8 Å². The largest absolute Gasteiger partial charge is 0.494 e. The van der Waals surface area contributed by atoms with Gasteiger partial charge in [-0.3, -0.25) is 0 Å². The monoisotopic (exact) mass is 272 g/mol. The second-order valence-electron chi connectivity index (χ2n) is 5.53. The highest BCUT2D eigenvalue weighted by molar-refractivity contribution is 6.58. The summed E-state index contributed by atoms with van der Waals surface area (Å²) >= 11 is 0. The van der Waals surface area contributed by atoms with Gasteiger partial charge in [-0.15, -0.1) is 0 Å². The molecule has 2 N–H and O–H groups in total. The van der Waals surface area contributed by atoms with Crippen molar-refractivity contribution in [3.63, 3.8) is 0 Å². The van der Waals surface area contributed by atoms with Crippen LogP contribution in [0, 0.1) is 5.92 Å². The Morgan fingerprint density at radius 3 is 2.45 bits per heavy atom. The predicted octanol–water partition coefficient (Wildman–Crippen LogP) is 2.33. The third-order valence-corrected chi connectivity index (χ3v) is 3.33. The average molecular weight is 272 g/mol. The lowest BCUT2D eigenvalue weighted by molar-refractivity contribution is 0.298. The molecule has 0 fully saturated rings. The summed E-state index contributed by atoms with van der Waals surface area (Å²) in [4.78, 5) is 0. The number of rotatable bonds is 6. The van der Waals surface area contributed by atoms with Crippen LogP contribution in [0.1, 0.15) is 26.7 Å². The molecule has 0 aliphatic rings. The van der Waals surface area contributed by atoms with Crippen molar-refractivity contribution in [3.05, 3.63) is 36.4 Å². The van der Waals surface area contributed by atoms with Crippen molar-refractivity contribution in [2.24, 2.45) is 5.92 Å². The molecule has 0 unspecified atom stereocenters. The second-order valence-corrected chi connectivity index (χ2v) is 5.53. The van der Waals surface area contributed by atoms with Crippen LogP contribution in [0.5, 0.6) is 5.75 Å². The molecule has 106 valence electrons. The van der Waals surface area contributed by atoms with Crippen LogP contribution in [0.25, 0.3) is 10.8 Å². The zero-order valence-electron chi connectivity index (χ0n) is 12.0. The standard InChI is InChI=1S/C16H21BO3/c1-12(2)4-3-9-20-16-8-6-13-10-15(17(18)19)7-5-14(13)11-16/h5-8,10-12,18-19H,3-4,9H2,1-2H3. The van der Waals surface area contributed by atoms with Gasteiger partial charge in [0, 0.05) is 0 Å². The third-order valence-electron chi connectivity index (χ3n) is 3.33. The Hall–Kier alpha value is -1.52. The van der Waals surface area contributed by atoms with Crippen LogP contribution in [0.3, 0.4) is 0 Å². The van der Waals surface area contributed by atoms with Crippen molar-refractivity contribution in [1.82, 2.24) is 0 Å². The van der Waals surface area contributed by atoms with E-state index in [9.17, 15) is 0 Å². The van der Waals surface area contributed by atoms with Crippen molar-refractivity contribution < 1.29 is 14.8 Å². The zero-order valence-corrected chi connectivity index (χ0v) is 12.0. The highest BCUT2D eigenvalue weighted by atomic mass is 16.5. The van der Waals surface area contributed by atoms with E-state index in [2.05, 4.69) is 13.8 Å². The maximum atomic E-state index is 9.16. The number of hydrogen-bond donors (Lipinski definition) is 2. The maximum Gasteiger partial charge on any atom is 0.488 e. The lowest BCUT2D eigenvalue weighted by atomic mass is 9.79. The van der Waals surface area contributed by atoms with E-state index in [4.69, 9.17) is 14.8 Å². The molecule has 0 spiro atoms. The Morgan fingerprint density at radius 2 is 1.75 bits per heavy atom.